The first kappa shape index (κ1) is 22.7. The van der Waals surface area contributed by atoms with Gasteiger partial charge in [0, 0.05) is 33.3 Å². The Balaban J connectivity index is -0.0000000300. The molecular formula is C4H11NO4Zn. The summed E-state index contributed by atoms with van der Waals surface area (Å²) in [6.07, 6.45) is 0. The molecule has 0 aromatic heterocycles. The van der Waals surface area contributed by atoms with Gasteiger partial charge in [0.05, 0.1) is 0 Å². The topological polar surface area (TPSA) is 110 Å². The number of rotatable bonds is 0. The van der Waals surface area contributed by atoms with Crippen molar-refractivity contribution in [3.8, 4) is 0 Å². The molecular weight excluding hydrogens is 191 g/mol. The standard InChI is InChI=1S/2C2H4O2.H3N.Zn/c2*1-2(3)4;;/h2*1H3,(H,3,4);1H3;. The molecule has 10 heavy (non-hydrogen) atoms. The van der Waals surface area contributed by atoms with Crippen molar-refractivity contribution in [3.63, 3.8) is 0 Å². The van der Waals surface area contributed by atoms with E-state index < -0.39 is 11.9 Å². The molecule has 0 radical (unpaired) electrons. The molecule has 0 rings (SSSR count). The maximum atomic E-state index is 9.00. The fraction of sp³-hybridized carbons (Fsp3) is 0.500. The molecule has 0 unspecified atom stereocenters. The van der Waals surface area contributed by atoms with Crippen LogP contribution in [-0.4, -0.2) is 22.2 Å². The van der Waals surface area contributed by atoms with Crippen LogP contribution in [0.25, 0.3) is 0 Å². The molecule has 0 heterocycles. The van der Waals surface area contributed by atoms with Crippen molar-refractivity contribution in [1.29, 1.82) is 0 Å². The fourth-order valence-corrected chi connectivity index (χ4v) is 0. The van der Waals surface area contributed by atoms with Crippen LogP contribution in [0.15, 0.2) is 0 Å². The minimum atomic E-state index is -0.833. The van der Waals surface area contributed by atoms with Gasteiger partial charge in [-0.2, -0.15) is 0 Å². The van der Waals surface area contributed by atoms with Gasteiger partial charge in [0.15, 0.2) is 0 Å². The fourth-order valence-electron chi connectivity index (χ4n) is 0. The Hall–Kier alpha value is -0.477. The summed E-state index contributed by atoms with van der Waals surface area (Å²) in [5, 5.41) is 14.8. The summed E-state index contributed by atoms with van der Waals surface area (Å²) in [6.45, 7) is 2.17. The van der Waals surface area contributed by atoms with Crippen LogP contribution < -0.4 is 6.15 Å². The van der Waals surface area contributed by atoms with Crippen molar-refractivity contribution < 1.29 is 39.3 Å². The zero-order chi connectivity index (χ0) is 7.15. The third-order valence-corrected chi connectivity index (χ3v) is 0. The Morgan fingerprint density at radius 3 is 1.00 bits per heavy atom. The van der Waals surface area contributed by atoms with Gasteiger partial charge >= 0.3 is 0 Å². The van der Waals surface area contributed by atoms with Crippen LogP contribution in [0, 0.1) is 0 Å². The van der Waals surface area contributed by atoms with Crippen molar-refractivity contribution in [3.05, 3.63) is 0 Å². The number of carboxylic acids is 2. The number of hydrogen-bond donors (Lipinski definition) is 3. The molecule has 0 bridgehead atoms. The molecule has 0 amide bonds. The zero-order valence-electron chi connectivity index (χ0n) is 6.13. The van der Waals surface area contributed by atoms with Crippen molar-refractivity contribution in [1.82, 2.24) is 6.15 Å². The smallest absolute Gasteiger partial charge is 0.300 e. The maximum absolute atomic E-state index is 9.00. The Labute approximate surface area is 71.8 Å². The number of carboxylic acid groups (broad SMARTS) is 2. The van der Waals surface area contributed by atoms with Crippen molar-refractivity contribution in [2.24, 2.45) is 0 Å². The van der Waals surface area contributed by atoms with Crippen molar-refractivity contribution in [2.45, 2.75) is 13.8 Å². The van der Waals surface area contributed by atoms with Gasteiger partial charge in [-0.1, -0.05) is 0 Å². The minimum absolute atomic E-state index is 0. The second kappa shape index (κ2) is 15.8. The quantitative estimate of drug-likeness (QED) is 0.491. The first-order valence-electron chi connectivity index (χ1n) is 1.86. The van der Waals surface area contributed by atoms with E-state index in [1.165, 1.54) is 0 Å². The first-order valence-corrected chi connectivity index (χ1v) is 1.86. The van der Waals surface area contributed by atoms with Gasteiger partial charge in [0.2, 0.25) is 0 Å². The van der Waals surface area contributed by atoms with Gasteiger partial charge in [0.25, 0.3) is 11.9 Å². The van der Waals surface area contributed by atoms with E-state index in [2.05, 4.69) is 0 Å². The monoisotopic (exact) mass is 201 g/mol. The van der Waals surface area contributed by atoms with Crippen molar-refractivity contribution >= 4 is 11.9 Å². The molecule has 0 fully saturated rings. The maximum Gasteiger partial charge on any atom is 0.300 e. The molecule has 6 heteroatoms. The van der Waals surface area contributed by atoms with E-state index in [9.17, 15) is 0 Å². The normalized spacial score (nSPS) is 5.00. The first-order chi connectivity index (χ1) is 3.46. The molecule has 0 aromatic rings. The SMILES string of the molecule is CC(=O)O.CC(=O)O.N.[Zn]. The molecule has 0 spiro atoms. The molecule has 0 saturated heterocycles. The van der Waals surface area contributed by atoms with Gasteiger partial charge in [-0.05, 0) is 0 Å². The van der Waals surface area contributed by atoms with Gasteiger partial charge in [-0.15, -0.1) is 0 Å². The van der Waals surface area contributed by atoms with E-state index in [1.54, 1.807) is 0 Å². The average Bonchev–Trinajstić information content (AvgIpc) is 1.25. The number of carbonyl (C=O) groups is 2. The molecule has 58 valence electrons. The predicted octanol–water partition coefficient (Wildman–Crippen LogP) is 0.341. The summed E-state index contributed by atoms with van der Waals surface area (Å²) in [6, 6.07) is 0. The van der Waals surface area contributed by atoms with Gasteiger partial charge in [-0.25, -0.2) is 0 Å². The van der Waals surface area contributed by atoms with E-state index in [-0.39, 0.29) is 25.6 Å². The molecule has 0 atom stereocenters. The molecule has 0 aromatic carbocycles. The van der Waals surface area contributed by atoms with Crippen LogP contribution >= 0.6 is 0 Å². The van der Waals surface area contributed by atoms with Gasteiger partial charge in [0.1, 0.15) is 0 Å². The Morgan fingerprint density at radius 1 is 1.00 bits per heavy atom. The van der Waals surface area contributed by atoms with Crippen molar-refractivity contribution in [2.75, 3.05) is 0 Å². The van der Waals surface area contributed by atoms with E-state index in [4.69, 9.17) is 19.8 Å². The van der Waals surface area contributed by atoms with Crippen LogP contribution in [0.2, 0.25) is 0 Å². The van der Waals surface area contributed by atoms with Gasteiger partial charge in [-0.3, -0.25) is 9.59 Å². The zero-order valence-corrected chi connectivity index (χ0v) is 9.09. The Bertz CT molecular complexity index is 75.3. The van der Waals surface area contributed by atoms with Crippen LogP contribution in [0.5, 0.6) is 0 Å². The number of aliphatic carboxylic acids is 2. The summed E-state index contributed by atoms with van der Waals surface area (Å²) in [5.41, 5.74) is 0. The predicted molar refractivity (Wildman–Crippen MR) is 31.6 cm³/mol. The molecule has 0 aliphatic heterocycles. The van der Waals surface area contributed by atoms with Gasteiger partial charge < -0.3 is 16.4 Å². The van der Waals surface area contributed by atoms with E-state index in [0.29, 0.717) is 0 Å². The molecule has 0 saturated carbocycles. The van der Waals surface area contributed by atoms with Crippen LogP contribution in [-0.2, 0) is 29.1 Å². The van der Waals surface area contributed by atoms with E-state index in [1.807, 2.05) is 0 Å². The Morgan fingerprint density at radius 2 is 1.00 bits per heavy atom. The third kappa shape index (κ3) is 1410. The molecule has 0 aliphatic carbocycles. The van der Waals surface area contributed by atoms with Crippen LogP contribution in [0.1, 0.15) is 13.8 Å². The third-order valence-electron chi connectivity index (χ3n) is 0. The summed E-state index contributed by atoms with van der Waals surface area (Å²) in [7, 11) is 0. The second-order valence-electron chi connectivity index (χ2n) is 1.04. The molecule has 0 aliphatic rings. The average molecular weight is 203 g/mol. The molecule has 5 N–H and O–H groups in total. The van der Waals surface area contributed by atoms with Crippen LogP contribution in [0.4, 0.5) is 0 Å². The summed E-state index contributed by atoms with van der Waals surface area (Å²) in [5.74, 6) is -1.67. The van der Waals surface area contributed by atoms with Crippen LogP contribution in [0.3, 0.4) is 0 Å². The summed E-state index contributed by atoms with van der Waals surface area (Å²) < 4.78 is 0. The molecule has 5 nitrogen and oxygen atoms in total. The summed E-state index contributed by atoms with van der Waals surface area (Å²) >= 11 is 0. The largest absolute Gasteiger partial charge is 0.481 e. The summed E-state index contributed by atoms with van der Waals surface area (Å²) in [4.78, 5) is 18.0. The minimum Gasteiger partial charge on any atom is -0.481 e. The Kier molecular flexibility index (Phi) is 35.9. The number of hydrogen-bond acceptors (Lipinski definition) is 3. The second-order valence-corrected chi connectivity index (χ2v) is 1.04. The van der Waals surface area contributed by atoms with E-state index >= 15 is 0 Å². The van der Waals surface area contributed by atoms with E-state index in [0.717, 1.165) is 13.8 Å².